The second-order valence-electron chi connectivity index (χ2n) is 3.30. The summed E-state index contributed by atoms with van der Waals surface area (Å²) in [6.45, 7) is 9.98. The highest BCUT2D eigenvalue weighted by Crippen LogP contribution is 2.11. The molecule has 12 heavy (non-hydrogen) atoms. The van der Waals surface area contributed by atoms with E-state index in [4.69, 9.17) is 11.6 Å². The van der Waals surface area contributed by atoms with E-state index in [1.54, 1.807) is 0 Å². The van der Waals surface area contributed by atoms with Crippen molar-refractivity contribution >= 4 is 11.6 Å². The Morgan fingerprint density at radius 3 is 3.08 bits per heavy atom. The SMILES string of the molecule is C=C(Cl)CN1CCC(NCC)C1. The van der Waals surface area contributed by atoms with Gasteiger partial charge in [0.25, 0.3) is 0 Å². The van der Waals surface area contributed by atoms with E-state index in [0.29, 0.717) is 6.04 Å². The van der Waals surface area contributed by atoms with Crippen molar-refractivity contribution in [2.45, 2.75) is 19.4 Å². The number of nitrogens with one attached hydrogen (secondary N) is 1. The molecule has 0 aromatic carbocycles. The Morgan fingerprint density at radius 2 is 2.50 bits per heavy atom. The standard InChI is InChI=1S/C9H17ClN2/c1-3-11-9-4-5-12(7-9)6-8(2)10/h9,11H,2-7H2,1H3. The van der Waals surface area contributed by atoms with E-state index in [0.717, 1.165) is 31.2 Å². The van der Waals surface area contributed by atoms with Crippen LogP contribution in [0.25, 0.3) is 0 Å². The lowest BCUT2D eigenvalue weighted by Gasteiger charge is -2.14. The van der Waals surface area contributed by atoms with Gasteiger partial charge in [-0.15, -0.1) is 0 Å². The van der Waals surface area contributed by atoms with Gasteiger partial charge in [0.05, 0.1) is 0 Å². The van der Waals surface area contributed by atoms with Gasteiger partial charge in [-0.05, 0) is 13.0 Å². The minimum atomic E-state index is 0.658. The lowest BCUT2D eigenvalue weighted by atomic mass is 10.3. The van der Waals surface area contributed by atoms with Gasteiger partial charge >= 0.3 is 0 Å². The van der Waals surface area contributed by atoms with Gasteiger partial charge in [0.2, 0.25) is 0 Å². The van der Waals surface area contributed by atoms with E-state index in [1.807, 2.05) is 0 Å². The molecule has 0 aromatic heterocycles. The zero-order chi connectivity index (χ0) is 8.97. The maximum atomic E-state index is 5.73. The van der Waals surface area contributed by atoms with Crippen LogP contribution in [0.2, 0.25) is 0 Å². The highest BCUT2D eigenvalue weighted by molar-refractivity contribution is 6.29. The second kappa shape index (κ2) is 4.85. The van der Waals surface area contributed by atoms with Gasteiger partial charge in [-0.2, -0.15) is 0 Å². The van der Waals surface area contributed by atoms with Gasteiger partial charge in [0.1, 0.15) is 0 Å². The lowest BCUT2D eigenvalue weighted by Crippen LogP contribution is -2.32. The third kappa shape index (κ3) is 3.13. The second-order valence-corrected chi connectivity index (χ2v) is 3.83. The molecule has 1 N–H and O–H groups in total. The van der Waals surface area contributed by atoms with Gasteiger partial charge in [-0.25, -0.2) is 0 Å². The van der Waals surface area contributed by atoms with Crippen molar-refractivity contribution in [3.8, 4) is 0 Å². The first-order chi connectivity index (χ1) is 5.72. The summed E-state index contributed by atoms with van der Waals surface area (Å²) in [5.41, 5.74) is 0. The fourth-order valence-corrected chi connectivity index (χ4v) is 1.84. The number of hydrogen-bond acceptors (Lipinski definition) is 2. The normalized spacial score (nSPS) is 24.7. The molecule has 0 spiro atoms. The summed E-state index contributed by atoms with van der Waals surface area (Å²) in [5.74, 6) is 0. The van der Waals surface area contributed by atoms with Crippen molar-refractivity contribution in [2.75, 3.05) is 26.2 Å². The first-order valence-electron chi connectivity index (χ1n) is 4.51. The molecule has 1 aliphatic heterocycles. The Labute approximate surface area is 79.6 Å². The van der Waals surface area contributed by atoms with Crippen LogP contribution >= 0.6 is 11.6 Å². The molecule has 1 heterocycles. The first-order valence-corrected chi connectivity index (χ1v) is 4.89. The quantitative estimate of drug-likeness (QED) is 0.718. The van der Waals surface area contributed by atoms with Crippen LogP contribution in [0.15, 0.2) is 11.6 Å². The average molecular weight is 189 g/mol. The molecule has 2 nitrogen and oxygen atoms in total. The molecule has 0 aliphatic carbocycles. The van der Waals surface area contributed by atoms with Crippen LogP contribution in [0.5, 0.6) is 0 Å². The Balaban J connectivity index is 2.21. The summed E-state index contributed by atoms with van der Waals surface area (Å²) < 4.78 is 0. The first kappa shape index (κ1) is 10.0. The predicted octanol–water partition coefficient (Wildman–Crippen LogP) is 1.42. The molecule has 1 rings (SSSR count). The topological polar surface area (TPSA) is 15.3 Å². The van der Waals surface area contributed by atoms with Crippen LogP contribution < -0.4 is 5.32 Å². The molecular formula is C9H17ClN2. The van der Waals surface area contributed by atoms with E-state index in [2.05, 4.69) is 23.7 Å². The molecular weight excluding hydrogens is 172 g/mol. The number of rotatable bonds is 4. The molecule has 1 fully saturated rings. The molecule has 70 valence electrons. The Kier molecular flexibility index (Phi) is 4.06. The van der Waals surface area contributed by atoms with Crippen LogP contribution in [-0.4, -0.2) is 37.1 Å². The minimum absolute atomic E-state index is 0.658. The smallest absolute Gasteiger partial charge is 0.0336 e. The Morgan fingerprint density at radius 1 is 1.75 bits per heavy atom. The van der Waals surface area contributed by atoms with Crippen molar-refractivity contribution in [3.05, 3.63) is 11.6 Å². The highest BCUT2D eigenvalue weighted by Gasteiger charge is 2.20. The van der Waals surface area contributed by atoms with Gasteiger partial charge in [0.15, 0.2) is 0 Å². The predicted molar refractivity (Wildman–Crippen MR) is 53.5 cm³/mol. The van der Waals surface area contributed by atoms with Gasteiger partial charge < -0.3 is 5.32 Å². The summed E-state index contributed by atoms with van der Waals surface area (Å²) in [5, 5.41) is 4.18. The monoisotopic (exact) mass is 188 g/mol. The fraction of sp³-hybridized carbons (Fsp3) is 0.778. The summed E-state index contributed by atoms with van der Waals surface area (Å²) in [4.78, 5) is 2.34. The molecule has 1 aliphatic rings. The summed E-state index contributed by atoms with van der Waals surface area (Å²) >= 11 is 5.73. The van der Waals surface area contributed by atoms with Crippen LogP contribution in [0.1, 0.15) is 13.3 Å². The zero-order valence-corrected chi connectivity index (χ0v) is 8.40. The van der Waals surface area contributed by atoms with E-state index in [9.17, 15) is 0 Å². The minimum Gasteiger partial charge on any atom is -0.313 e. The van der Waals surface area contributed by atoms with E-state index in [1.165, 1.54) is 6.42 Å². The maximum absolute atomic E-state index is 5.73. The van der Waals surface area contributed by atoms with Crippen LogP contribution in [0.4, 0.5) is 0 Å². The molecule has 0 amide bonds. The Bertz CT molecular complexity index is 159. The van der Waals surface area contributed by atoms with E-state index >= 15 is 0 Å². The molecule has 0 aromatic rings. The molecule has 3 heteroatoms. The van der Waals surface area contributed by atoms with Crippen molar-refractivity contribution in [3.63, 3.8) is 0 Å². The number of likely N-dealkylation sites (N-methyl/N-ethyl adjacent to an activating group) is 1. The number of hydrogen-bond donors (Lipinski definition) is 1. The third-order valence-corrected chi connectivity index (χ3v) is 2.28. The van der Waals surface area contributed by atoms with Gasteiger partial charge in [-0.3, -0.25) is 4.90 Å². The Hall–Kier alpha value is -0.0500. The molecule has 1 saturated heterocycles. The summed E-state index contributed by atoms with van der Waals surface area (Å²) in [7, 11) is 0. The van der Waals surface area contributed by atoms with Crippen molar-refractivity contribution in [2.24, 2.45) is 0 Å². The third-order valence-electron chi connectivity index (χ3n) is 2.16. The molecule has 0 bridgehead atoms. The molecule has 0 radical (unpaired) electrons. The van der Waals surface area contributed by atoms with Gasteiger partial charge in [0, 0.05) is 30.7 Å². The van der Waals surface area contributed by atoms with Crippen LogP contribution in [0, 0.1) is 0 Å². The van der Waals surface area contributed by atoms with Crippen LogP contribution in [-0.2, 0) is 0 Å². The number of likely N-dealkylation sites (tertiary alicyclic amines) is 1. The molecule has 1 unspecified atom stereocenters. The van der Waals surface area contributed by atoms with E-state index in [-0.39, 0.29) is 0 Å². The average Bonchev–Trinajstić information content (AvgIpc) is 2.36. The molecule has 0 saturated carbocycles. The molecule has 1 atom stereocenters. The van der Waals surface area contributed by atoms with Gasteiger partial charge in [-0.1, -0.05) is 25.1 Å². The van der Waals surface area contributed by atoms with Crippen molar-refractivity contribution < 1.29 is 0 Å². The zero-order valence-electron chi connectivity index (χ0n) is 7.65. The lowest BCUT2D eigenvalue weighted by molar-refractivity contribution is 0.361. The fourth-order valence-electron chi connectivity index (χ4n) is 1.67. The highest BCUT2D eigenvalue weighted by atomic mass is 35.5. The number of nitrogens with zero attached hydrogens (tertiary/aromatic N) is 1. The largest absolute Gasteiger partial charge is 0.313 e. The maximum Gasteiger partial charge on any atom is 0.0336 e. The van der Waals surface area contributed by atoms with E-state index < -0.39 is 0 Å². The van der Waals surface area contributed by atoms with Crippen molar-refractivity contribution in [1.82, 2.24) is 10.2 Å². The summed E-state index contributed by atoms with van der Waals surface area (Å²) in [6, 6.07) is 0.658. The summed E-state index contributed by atoms with van der Waals surface area (Å²) in [6.07, 6.45) is 1.23. The van der Waals surface area contributed by atoms with Crippen molar-refractivity contribution in [1.29, 1.82) is 0 Å². The van der Waals surface area contributed by atoms with Crippen LogP contribution in [0.3, 0.4) is 0 Å². The number of halogens is 1.